The fourth-order valence-electron chi connectivity index (χ4n) is 1.05. The molecule has 16 heavy (non-hydrogen) atoms. The van der Waals surface area contributed by atoms with Crippen LogP contribution in [-0.4, -0.2) is 19.4 Å². The second-order valence-electron chi connectivity index (χ2n) is 3.66. The molecular weight excluding hydrogens is 226 g/mol. The van der Waals surface area contributed by atoms with Gasteiger partial charge in [-0.2, -0.15) is 9.98 Å². The molecule has 0 aromatic carbocycles. The number of nitriles is 1. The van der Waals surface area contributed by atoms with Gasteiger partial charge in [0.15, 0.2) is 0 Å². The fraction of sp³-hybridized carbons (Fsp3) is 0.400. The van der Waals surface area contributed by atoms with E-state index in [4.69, 9.17) is 5.26 Å². The maximum atomic E-state index is 11.8. The molecule has 86 valence electrons. The molecule has 0 amide bonds. The molecule has 1 heterocycles. The minimum Gasteiger partial charge on any atom is -0.263 e. The van der Waals surface area contributed by atoms with Crippen molar-refractivity contribution in [1.29, 1.82) is 5.26 Å². The smallest absolute Gasteiger partial charge is 0.243 e. The van der Waals surface area contributed by atoms with Gasteiger partial charge in [-0.05, 0) is 18.1 Å². The summed E-state index contributed by atoms with van der Waals surface area (Å²) in [5.41, 5.74) is 0. The Morgan fingerprint density at radius 3 is 2.62 bits per heavy atom. The van der Waals surface area contributed by atoms with Crippen LogP contribution in [0, 0.1) is 17.2 Å². The van der Waals surface area contributed by atoms with Gasteiger partial charge in [0, 0.05) is 12.4 Å². The van der Waals surface area contributed by atoms with E-state index < -0.39 is 16.1 Å². The van der Waals surface area contributed by atoms with E-state index in [-0.39, 0.29) is 10.8 Å². The van der Waals surface area contributed by atoms with Crippen LogP contribution >= 0.6 is 0 Å². The van der Waals surface area contributed by atoms with Crippen LogP contribution in [0.4, 0.5) is 0 Å². The predicted molar refractivity (Wildman–Crippen MR) is 58.8 cm³/mol. The van der Waals surface area contributed by atoms with Crippen LogP contribution in [0.3, 0.4) is 0 Å². The van der Waals surface area contributed by atoms with Gasteiger partial charge in [0.05, 0.1) is 6.07 Å². The van der Waals surface area contributed by atoms with Gasteiger partial charge in [-0.1, -0.05) is 13.8 Å². The van der Waals surface area contributed by atoms with Crippen LogP contribution in [0.1, 0.15) is 13.8 Å². The zero-order valence-corrected chi connectivity index (χ0v) is 9.90. The number of hydrogen-bond donors (Lipinski definition) is 1. The third-order valence-electron chi connectivity index (χ3n) is 2.03. The average molecular weight is 239 g/mol. The number of hydrogen-bond acceptors (Lipinski definition) is 4. The summed E-state index contributed by atoms with van der Waals surface area (Å²) in [4.78, 5) is 3.79. The highest BCUT2D eigenvalue weighted by Crippen LogP contribution is 2.09. The minimum atomic E-state index is -3.65. The zero-order chi connectivity index (χ0) is 12.2. The van der Waals surface area contributed by atoms with E-state index in [9.17, 15) is 8.42 Å². The van der Waals surface area contributed by atoms with Gasteiger partial charge >= 0.3 is 0 Å². The van der Waals surface area contributed by atoms with Crippen molar-refractivity contribution in [3.63, 3.8) is 0 Å². The third-order valence-corrected chi connectivity index (χ3v) is 3.46. The van der Waals surface area contributed by atoms with Crippen molar-refractivity contribution >= 4 is 10.0 Å². The van der Waals surface area contributed by atoms with Gasteiger partial charge in [-0.15, -0.1) is 0 Å². The number of sulfonamides is 1. The lowest BCUT2D eigenvalue weighted by Gasteiger charge is -2.14. The number of nitrogens with zero attached hydrogens (tertiary/aromatic N) is 2. The number of pyridine rings is 1. The molecule has 0 aliphatic carbocycles. The van der Waals surface area contributed by atoms with E-state index in [1.165, 1.54) is 24.5 Å². The first-order valence-electron chi connectivity index (χ1n) is 4.79. The fourth-order valence-corrected chi connectivity index (χ4v) is 2.31. The lowest BCUT2D eigenvalue weighted by molar-refractivity contribution is 0.515. The lowest BCUT2D eigenvalue weighted by atomic mass is 10.1. The van der Waals surface area contributed by atoms with Crippen LogP contribution in [0.15, 0.2) is 29.4 Å². The van der Waals surface area contributed by atoms with Gasteiger partial charge in [0.2, 0.25) is 10.0 Å². The maximum absolute atomic E-state index is 11.8. The van der Waals surface area contributed by atoms with E-state index in [2.05, 4.69) is 9.71 Å². The summed E-state index contributed by atoms with van der Waals surface area (Å²) in [5.74, 6) is -0.0866. The van der Waals surface area contributed by atoms with Crippen LogP contribution in [-0.2, 0) is 10.0 Å². The largest absolute Gasteiger partial charge is 0.263 e. The SMILES string of the molecule is CC(C)C(C#N)NS(=O)(=O)c1cccnc1. The third kappa shape index (κ3) is 3.02. The molecule has 1 atom stereocenters. The molecule has 0 radical (unpaired) electrons. The lowest BCUT2D eigenvalue weighted by Crippen LogP contribution is -2.37. The van der Waals surface area contributed by atoms with E-state index in [1.54, 1.807) is 13.8 Å². The van der Waals surface area contributed by atoms with Crippen molar-refractivity contribution in [3.8, 4) is 6.07 Å². The molecule has 1 aromatic heterocycles. The molecule has 6 heteroatoms. The van der Waals surface area contributed by atoms with Crippen molar-refractivity contribution in [2.24, 2.45) is 5.92 Å². The van der Waals surface area contributed by atoms with E-state index in [1.807, 2.05) is 6.07 Å². The second-order valence-corrected chi connectivity index (χ2v) is 5.37. The Kier molecular flexibility index (Phi) is 3.99. The Morgan fingerprint density at radius 2 is 2.19 bits per heavy atom. The minimum absolute atomic E-state index is 0.0656. The van der Waals surface area contributed by atoms with Gasteiger partial charge < -0.3 is 0 Å². The monoisotopic (exact) mass is 239 g/mol. The molecule has 1 N–H and O–H groups in total. The van der Waals surface area contributed by atoms with Crippen LogP contribution < -0.4 is 4.72 Å². The molecule has 1 unspecified atom stereocenters. The van der Waals surface area contributed by atoms with Crippen molar-refractivity contribution in [2.45, 2.75) is 24.8 Å². The summed E-state index contributed by atoms with van der Waals surface area (Å²) in [5, 5.41) is 8.81. The van der Waals surface area contributed by atoms with Gasteiger partial charge in [0.1, 0.15) is 10.9 Å². The molecular formula is C10H13N3O2S. The van der Waals surface area contributed by atoms with Crippen LogP contribution in [0.25, 0.3) is 0 Å². The molecule has 0 bridgehead atoms. The van der Waals surface area contributed by atoms with E-state index in [0.29, 0.717) is 0 Å². The predicted octanol–water partition coefficient (Wildman–Crippen LogP) is 0.908. The Morgan fingerprint density at radius 1 is 1.50 bits per heavy atom. The van der Waals surface area contributed by atoms with Crippen LogP contribution in [0.2, 0.25) is 0 Å². The highest BCUT2D eigenvalue weighted by atomic mass is 32.2. The molecule has 0 fully saturated rings. The van der Waals surface area contributed by atoms with Crippen molar-refractivity contribution in [1.82, 2.24) is 9.71 Å². The molecule has 1 rings (SSSR count). The standard InChI is InChI=1S/C10H13N3O2S/c1-8(2)10(6-11)13-16(14,15)9-4-3-5-12-7-9/h3-5,7-8,10,13H,1-2H3. The van der Waals surface area contributed by atoms with Crippen molar-refractivity contribution in [3.05, 3.63) is 24.5 Å². The number of aromatic nitrogens is 1. The molecule has 1 aromatic rings. The topological polar surface area (TPSA) is 82.9 Å². The van der Waals surface area contributed by atoms with Crippen LogP contribution in [0.5, 0.6) is 0 Å². The number of nitrogens with one attached hydrogen (secondary N) is 1. The Bertz CT molecular complexity index is 477. The molecule has 0 aliphatic heterocycles. The van der Waals surface area contributed by atoms with Gasteiger partial charge in [0.25, 0.3) is 0 Å². The first-order chi connectivity index (χ1) is 7.47. The van der Waals surface area contributed by atoms with Gasteiger partial charge in [-0.25, -0.2) is 8.42 Å². The summed E-state index contributed by atoms with van der Waals surface area (Å²) in [6, 6.07) is 4.15. The molecule has 0 saturated heterocycles. The zero-order valence-electron chi connectivity index (χ0n) is 9.08. The molecule has 5 nitrogen and oxygen atoms in total. The summed E-state index contributed by atoms with van der Waals surface area (Å²) in [6.07, 6.45) is 2.74. The quantitative estimate of drug-likeness (QED) is 0.846. The summed E-state index contributed by atoms with van der Waals surface area (Å²) >= 11 is 0. The summed E-state index contributed by atoms with van der Waals surface area (Å²) in [6.45, 7) is 3.55. The maximum Gasteiger partial charge on any atom is 0.243 e. The van der Waals surface area contributed by atoms with Crippen molar-refractivity contribution < 1.29 is 8.42 Å². The van der Waals surface area contributed by atoms with Gasteiger partial charge in [-0.3, -0.25) is 4.98 Å². The number of rotatable bonds is 4. The molecule has 0 saturated carbocycles. The van der Waals surface area contributed by atoms with E-state index in [0.717, 1.165) is 0 Å². The highest BCUT2D eigenvalue weighted by Gasteiger charge is 2.21. The second kappa shape index (κ2) is 5.05. The molecule has 0 aliphatic rings. The van der Waals surface area contributed by atoms with E-state index >= 15 is 0 Å². The highest BCUT2D eigenvalue weighted by molar-refractivity contribution is 7.89. The summed E-state index contributed by atoms with van der Waals surface area (Å²) < 4.78 is 25.9. The first-order valence-corrected chi connectivity index (χ1v) is 6.27. The normalized spacial score (nSPS) is 13.4. The Balaban J connectivity index is 2.94. The Hall–Kier alpha value is -1.45. The first kappa shape index (κ1) is 12.6. The molecule has 0 spiro atoms. The average Bonchev–Trinajstić information content (AvgIpc) is 2.27. The Labute approximate surface area is 95.2 Å². The summed E-state index contributed by atoms with van der Waals surface area (Å²) in [7, 11) is -3.65. The van der Waals surface area contributed by atoms with Crippen molar-refractivity contribution in [2.75, 3.05) is 0 Å².